The van der Waals surface area contributed by atoms with E-state index < -0.39 is 0 Å². The predicted octanol–water partition coefficient (Wildman–Crippen LogP) is 3.64. The molecule has 1 saturated heterocycles. The molecule has 0 bridgehead atoms. The molecule has 16 heavy (non-hydrogen) atoms. The molecular weight excluding hydrogens is 200 g/mol. The smallest absolute Gasteiger partial charge is 0.0702 e. The molecular formula is C14H28O2. The van der Waals surface area contributed by atoms with E-state index in [1.165, 1.54) is 25.7 Å². The molecule has 0 N–H and O–H groups in total. The van der Waals surface area contributed by atoms with E-state index in [9.17, 15) is 0 Å². The van der Waals surface area contributed by atoms with Crippen molar-refractivity contribution in [3.05, 3.63) is 0 Å². The van der Waals surface area contributed by atoms with Gasteiger partial charge in [0.05, 0.1) is 18.8 Å². The first kappa shape index (κ1) is 14.0. The quantitative estimate of drug-likeness (QED) is 0.718. The van der Waals surface area contributed by atoms with Crippen molar-refractivity contribution in [1.82, 2.24) is 0 Å². The third-order valence-corrected chi connectivity index (χ3v) is 4.43. The fourth-order valence-corrected chi connectivity index (χ4v) is 2.90. The molecule has 1 aliphatic carbocycles. The highest BCUT2D eigenvalue weighted by Crippen LogP contribution is 2.48. The van der Waals surface area contributed by atoms with Crippen LogP contribution in [0.4, 0.5) is 0 Å². The summed E-state index contributed by atoms with van der Waals surface area (Å²) in [6.07, 6.45) is 5.01. The normalized spacial score (nSPS) is 25.9. The molecule has 2 rings (SSSR count). The van der Waals surface area contributed by atoms with Crippen LogP contribution in [0.5, 0.6) is 0 Å². The number of hydrogen-bond acceptors (Lipinski definition) is 2. The molecule has 0 radical (unpaired) electrons. The zero-order chi connectivity index (χ0) is 12.2. The number of rotatable bonds is 2. The van der Waals surface area contributed by atoms with Crippen molar-refractivity contribution in [2.24, 2.45) is 11.3 Å². The predicted molar refractivity (Wildman–Crippen MR) is 67.6 cm³/mol. The van der Waals surface area contributed by atoms with Gasteiger partial charge in [0.15, 0.2) is 0 Å². The van der Waals surface area contributed by atoms with E-state index in [1.807, 2.05) is 21.0 Å². The molecule has 2 nitrogen and oxygen atoms in total. The van der Waals surface area contributed by atoms with E-state index >= 15 is 0 Å². The first-order valence-corrected chi connectivity index (χ1v) is 6.75. The Hall–Kier alpha value is -0.0800. The van der Waals surface area contributed by atoms with Gasteiger partial charge < -0.3 is 9.47 Å². The van der Waals surface area contributed by atoms with Gasteiger partial charge in [0.1, 0.15) is 0 Å². The second-order valence-electron chi connectivity index (χ2n) is 5.42. The first-order chi connectivity index (χ1) is 7.63. The van der Waals surface area contributed by atoms with Crippen molar-refractivity contribution in [3.63, 3.8) is 0 Å². The molecule has 0 atom stereocenters. The number of methoxy groups -OCH3 is 1. The largest absolute Gasteiger partial charge is 0.380 e. The van der Waals surface area contributed by atoms with E-state index in [2.05, 4.69) is 13.8 Å². The van der Waals surface area contributed by atoms with Crippen LogP contribution < -0.4 is 0 Å². The fourth-order valence-electron chi connectivity index (χ4n) is 2.90. The van der Waals surface area contributed by atoms with Crippen LogP contribution >= 0.6 is 0 Å². The number of hydrogen-bond donors (Lipinski definition) is 0. The molecule has 0 aromatic heterocycles. The van der Waals surface area contributed by atoms with Crippen molar-refractivity contribution >= 4 is 0 Å². The Kier molecular flexibility index (Phi) is 4.81. The summed E-state index contributed by atoms with van der Waals surface area (Å²) in [7, 11) is 1.87. The Bertz CT molecular complexity index is 197. The highest BCUT2D eigenvalue weighted by Gasteiger charge is 2.48. The minimum Gasteiger partial charge on any atom is -0.380 e. The standard InChI is InChI=1S/C12H22O2.C2H6/c1-10(2)12(13-3)6-4-11(5-7-12)8-14-9-11;1-2/h10H,4-9H2,1-3H3;1-2H3. The van der Waals surface area contributed by atoms with E-state index in [4.69, 9.17) is 9.47 Å². The molecule has 0 aromatic carbocycles. The monoisotopic (exact) mass is 228 g/mol. The molecule has 2 aliphatic rings. The molecule has 2 fully saturated rings. The van der Waals surface area contributed by atoms with Crippen LogP contribution in [-0.4, -0.2) is 25.9 Å². The first-order valence-electron chi connectivity index (χ1n) is 6.75. The zero-order valence-electron chi connectivity index (χ0n) is 11.6. The fraction of sp³-hybridized carbons (Fsp3) is 1.00. The van der Waals surface area contributed by atoms with Gasteiger partial charge >= 0.3 is 0 Å². The average Bonchev–Trinajstić information content (AvgIpc) is 2.29. The summed E-state index contributed by atoms with van der Waals surface area (Å²) in [5, 5.41) is 0. The summed E-state index contributed by atoms with van der Waals surface area (Å²) in [6, 6.07) is 0. The lowest BCUT2D eigenvalue weighted by Gasteiger charge is -2.51. The third kappa shape index (κ3) is 2.43. The Morgan fingerprint density at radius 3 is 1.75 bits per heavy atom. The highest BCUT2D eigenvalue weighted by molar-refractivity contribution is 4.98. The Labute approximate surface area is 101 Å². The molecule has 1 spiro atoms. The summed E-state index contributed by atoms with van der Waals surface area (Å²) in [6.45, 7) is 10.5. The van der Waals surface area contributed by atoms with E-state index in [-0.39, 0.29) is 5.60 Å². The summed E-state index contributed by atoms with van der Waals surface area (Å²) in [5.74, 6) is 0.630. The van der Waals surface area contributed by atoms with Gasteiger partial charge in [-0.3, -0.25) is 0 Å². The van der Waals surface area contributed by atoms with Crippen molar-refractivity contribution < 1.29 is 9.47 Å². The summed E-state index contributed by atoms with van der Waals surface area (Å²) >= 11 is 0. The summed E-state index contributed by atoms with van der Waals surface area (Å²) in [5.41, 5.74) is 0.692. The van der Waals surface area contributed by atoms with Crippen molar-refractivity contribution in [2.75, 3.05) is 20.3 Å². The van der Waals surface area contributed by atoms with Crippen LogP contribution in [0.3, 0.4) is 0 Å². The minimum atomic E-state index is 0.154. The Morgan fingerprint density at radius 2 is 1.50 bits per heavy atom. The van der Waals surface area contributed by atoms with Gasteiger partial charge in [0.25, 0.3) is 0 Å². The average molecular weight is 228 g/mol. The van der Waals surface area contributed by atoms with Gasteiger partial charge in [0.2, 0.25) is 0 Å². The molecule has 1 heterocycles. The van der Waals surface area contributed by atoms with Crippen molar-refractivity contribution in [3.8, 4) is 0 Å². The summed E-state index contributed by atoms with van der Waals surface area (Å²) < 4.78 is 11.1. The zero-order valence-corrected chi connectivity index (χ0v) is 11.6. The van der Waals surface area contributed by atoms with Gasteiger partial charge in [-0.25, -0.2) is 0 Å². The number of ether oxygens (including phenoxy) is 2. The van der Waals surface area contributed by atoms with Crippen LogP contribution in [0.1, 0.15) is 53.4 Å². The molecule has 1 aliphatic heterocycles. The molecule has 0 amide bonds. The van der Waals surface area contributed by atoms with Crippen LogP contribution in [0, 0.1) is 11.3 Å². The third-order valence-electron chi connectivity index (χ3n) is 4.43. The maximum atomic E-state index is 5.76. The van der Waals surface area contributed by atoms with Gasteiger partial charge in [0, 0.05) is 12.5 Å². The Morgan fingerprint density at radius 1 is 1.00 bits per heavy atom. The van der Waals surface area contributed by atoms with E-state index in [0.717, 1.165) is 13.2 Å². The molecule has 2 heteroatoms. The molecule has 1 saturated carbocycles. The highest BCUT2D eigenvalue weighted by atomic mass is 16.5. The van der Waals surface area contributed by atoms with E-state index in [0.29, 0.717) is 11.3 Å². The van der Waals surface area contributed by atoms with Crippen LogP contribution in [0.25, 0.3) is 0 Å². The lowest BCUT2D eigenvalue weighted by Crippen LogP contribution is -2.51. The summed E-state index contributed by atoms with van der Waals surface area (Å²) in [4.78, 5) is 0. The van der Waals surface area contributed by atoms with Gasteiger partial charge in [-0.15, -0.1) is 0 Å². The van der Waals surface area contributed by atoms with Gasteiger partial charge in [-0.2, -0.15) is 0 Å². The molecule has 0 unspecified atom stereocenters. The maximum absolute atomic E-state index is 5.76. The minimum absolute atomic E-state index is 0.154. The van der Waals surface area contributed by atoms with Gasteiger partial charge in [-0.1, -0.05) is 27.7 Å². The maximum Gasteiger partial charge on any atom is 0.0702 e. The van der Waals surface area contributed by atoms with Crippen molar-refractivity contribution in [1.29, 1.82) is 0 Å². The van der Waals surface area contributed by atoms with Crippen molar-refractivity contribution in [2.45, 2.75) is 59.0 Å². The van der Waals surface area contributed by atoms with Crippen LogP contribution in [0.15, 0.2) is 0 Å². The molecule has 96 valence electrons. The lowest BCUT2D eigenvalue weighted by molar-refractivity contribution is -0.175. The topological polar surface area (TPSA) is 18.5 Å². The molecule has 0 aromatic rings. The Balaban J connectivity index is 0.000000606. The van der Waals surface area contributed by atoms with Crippen LogP contribution in [0.2, 0.25) is 0 Å². The SMILES string of the molecule is CC.COC1(C(C)C)CCC2(CC1)COC2. The van der Waals surface area contributed by atoms with Gasteiger partial charge in [-0.05, 0) is 31.6 Å². The lowest BCUT2D eigenvalue weighted by atomic mass is 9.64. The van der Waals surface area contributed by atoms with E-state index in [1.54, 1.807) is 0 Å². The van der Waals surface area contributed by atoms with Crippen LogP contribution in [-0.2, 0) is 9.47 Å². The second-order valence-corrected chi connectivity index (χ2v) is 5.42. The second kappa shape index (κ2) is 5.50.